The van der Waals surface area contributed by atoms with Crippen LogP contribution in [0.3, 0.4) is 0 Å². The monoisotopic (exact) mass is 536 g/mol. The van der Waals surface area contributed by atoms with Crippen molar-refractivity contribution in [2.24, 2.45) is 0 Å². The van der Waals surface area contributed by atoms with Crippen molar-refractivity contribution in [2.45, 2.75) is 27.2 Å². The Morgan fingerprint density at radius 1 is 1.05 bits per heavy atom. The maximum absolute atomic E-state index is 14.1. The third-order valence-electron chi connectivity index (χ3n) is 5.82. The van der Waals surface area contributed by atoms with Crippen LogP contribution < -0.4 is 14.2 Å². The summed E-state index contributed by atoms with van der Waals surface area (Å²) in [7, 11) is -3.04. The van der Waals surface area contributed by atoms with E-state index in [4.69, 9.17) is 9.47 Å². The van der Waals surface area contributed by atoms with E-state index in [9.17, 15) is 22.4 Å². The molecule has 2 aromatic carbocycles. The number of halogens is 1. The molecular formula is C28H25FN2O6S. The van der Waals surface area contributed by atoms with Crippen LogP contribution in [0.4, 0.5) is 4.39 Å². The molecule has 0 saturated heterocycles. The number of methoxy groups -OCH3 is 1. The molecule has 0 unspecified atom stereocenters. The minimum absolute atomic E-state index is 0.0903. The molecule has 196 valence electrons. The largest absolute Gasteiger partial charge is 0.496 e. The van der Waals surface area contributed by atoms with Crippen molar-refractivity contribution in [3.05, 3.63) is 93.7 Å². The molecule has 1 aromatic heterocycles. The van der Waals surface area contributed by atoms with E-state index in [-0.39, 0.29) is 23.6 Å². The Hall–Kier alpha value is -4.31. The van der Waals surface area contributed by atoms with Gasteiger partial charge in [-0.2, -0.15) is 0 Å². The van der Waals surface area contributed by atoms with Crippen molar-refractivity contribution in [3.63, 3.8) is 0 Å². The minimum Gasteiger partial charge on any atom is -0.496 e. The van der Waals surface area contributed by atoms with Crippen molar-refractivity contribution < 1.29 is 31.9 Å². The van der Waals surface area contributed by atoms with E-state index in [0.29, 0.717) is 17.1 Å². The zero-order valence-electron chi connectivity index (χ0n) is 21.2. The molecule has 38 heavy (non-hydrogen) atoms. The number of aryl methyl sites for hydroxylation is 3. The van der Waals surface area contributed by atoms with E-state index in [1.54, 1.807) is 0 Å². The highest BCUT2D eigenvalue weighted by molar-refractivity contribution is 7.95. The SMILES string of the molecule is COc1ccc(F)cc1-c1ccc(C(=O)NS(=O)(=O)C2=CC=CCC2=O)c(Oc2c(C)cc(C)cc2C)n1. The van der Waals surface area contributed by atoms with Crippen LogP contribution in [-0.4, -0.2) is 32.2 Å². The Morgan fingerprint density at radius 2 is 1.76 bits per heavy atom. The van der Waals surface area contributed by atoms with E-state index < -0.39 is 32.4 Å². The fourth-order valence-corrected chi connectivity index (χ4v) is 5.25. The molecule has 1 amide bonds. The number of carbonyl (C=O) groups is 2. The molecular weight excluding hydrogens is 511 g/mol. The third-order valence-corrected chi connectivity index (χ3v) is 7.22. The number of sulfonamides is 1. The fraction of sp³-hybridized carbons (Fsp3) is 0.179. The first-order chi connectivity index (χ1) is 18.0. The maximum Gasteiger partial charge on any atom is 0.270 e. The van der Waals surface area contributed by atoms with E-state index in [0.717, 1.165) is 22.8 Å². The van der Waals surface area contributed by atoms with Crippen LogP contribution in [0.5, 0.6) is 17.4 Å². The van der Waals surface area contributed by atoms with Crippen LogP contribution in [0.15, 0.2) is 65.6 Å². The molecule has 8 nitrogen and oxygen atoms in total. The van der Waals surface area contributed by atoms with Crippen molar-refractivity contribution in [2.75, 3.05) is 7.11 Å². The molecule has 1 aliphatic rings. The first-order valence-corrected chi connectivity index (χ1v) is 13.1. The number of ether oxygens (including phenoxy) is 2. The van der Waals surface area contributed by atoms with Crippen LogP contribution in [0.2, 0.25) is 0 Å². The summed E-state index contributed by atoms with van der Waals surface area (Å²) < 4.78 is 53.1. The molecule has 1 aliphatic carbocycles. The molecule has 10 heteroatoms. The van der Waals surface area contributed by atoms with Gasteiger partial charge in [-0.05, 0) is 68.3 Å². The maximum atomic E-state index is 14.1. The van der Waals surface area contributed by atoms with Crippen LogP contribution in [0.1, 0.15) is 33.5 Å². The summed E-state index contributed by atoms with van der Waals surface area (Å²) in [5.41, 5.74) is 2.87. The Bertz CT molecular complexity index is 1600. The zero-order chi connectivity index (χ0) is 27.6. The molecule has 0 saturated carbocycles. The molecule has 0 radical (unpaired) electrons. The summed E-state index contributed by atoms with van der Waals surface area (Å²) in [5.74, 6) is -1.65. The van der Waals surface area contributed by atoms with Crippen LogP contribution in [0.25, 0.3) is 11.3 Å². The number of pyridine rings is 1. The number of hydrogen-bond acceptors (Lipinski definition) is 7. The summed E-state index contributed by atoms with van der Waals surface area (Å²) in [5, 5.41) is 0. The summed E-state index contributed by atoms with van der Waals surface area (Å²) in [6.07, 6.45) is 3.99. The normalized spacial score (nSPS) is 13.2. The van der Waals surface area contributed by atoms with Gasteiger partial charge in [-0.1, -0.05) is 29.8 Å². The average molecular weight is 537 g/mol. The third kappa shape index (κ3) is 5.50. The molecule has 0 aliphatic heterocycles. The number of ketones is 1. The van der Waals surface area contributed by atoms with Crippen molar-refractivity contribution >= 4 is 21.7 Å². The second-order valence-electron chi connectivity index (χ2n) is 8.74. The molecule has 1 N–H and O–H groups in total. The number of hydrogen-bond donors (Lipinski definition) is 1. The van der Waals surface area contributed by atoms with Crippen LogP contribution >= 0.6 is 0 Å². The van der Waals surface area contributed by atoms with Gasteiger partial charge in [-0.25, -0.2) is 22.5 Å². The lowest BCUT2D eigenvalue weighted by atomic mass is 10.1. The highest BCUT2D eigenvalue weighted by Gasteiger charge is 2.29. The van der Waals surface area contributed by atoms with Gasteiger partial charge in [0.15, 0.2) is 5.78 Å². The van der Waals surface area contributed by atoms with Gasteiger partial charge >= 0.3 is 0 Å². The van der Waals surface area contributed by atoms with Crippen molar-refractivity contribution in [3.8, 4) is 28.6 Å². The molecule has 1 heterocycles. The van der Waals surface area contributed by atoms with Gasteiger partial charge < -0.3 is 9.47 Å². The Kier molecular flexibility index (Phi) is 7.45. The van der Waals surface area contributed by atoms with Gasteiger partial charge in [0, 0.05) is 12.0 Å². The van der Waals surface area contributed by atoms with Crippen LogP contribution in [0, 0.1) is 26.6 Å². The molecule has 0 bridgehead atoms. The number of nitrogens with zero attached hydrogens (tertiary/aromatic N) is 1. The minimum atomic E-state index is -4.46. The highest BCUT2D eigenvalue weighted by Crippen LogP contribution is 2.35. The number of Topliss-reactive ketones (excluding diaryl/α,β-unsaturated/α-hetero) is 1. The lowest BCUT2D eigenvalue weighted by molar-refractivity contribution is -0.114. The Labute approximate surface area is 219 Å². The number of carbonyl (C=O) groups excluding carboxylic acids is 2. The van der Waals surface area contributed by atoms with Gasteiger partial charge in [0.05, 0.1) is 12.8 Å². The van der Waals surface area contributed by atoms with Crippen LogP contribution in [-0.2, 0) is 14.8 Å². The molecule has 4 rings (SSSR count). The van der Waals surface area contributed by atoms with Gasteiger partial charge in [0.2, 0.25) is 5.88 Å². The molecule has 3 aromatic rings. The van der Waals surface area contributed by atoms with Gasteiger partial charge in [-0.15, -0.1) is 0 Å². The quantitative estimate of drug-likeness (QED) is 0.448. The highest BCUT2D eigenvalue weighted by atomic mass is 32.2. The number of benzene rings is 2. The molecule has 0 fully saturated rings. The van der Waals surface area contributed by atoms with Gasteiger partial charge in [-0.3, -0.25) is 9.59 Å². The second-order valence-corrected chi connectivity index (χ2v) is 10.4. The average Bonchev–Trinajstić information content (AvgIpc) is 2.86. The smallest absolute Gasteiger partial charge is 0.270 e. The van der Waals surface area contributed by atoms with E-state index in [1.165, 1.54) is 49.6 Å². The molecule has 0 spiro atoms. The van der Waals surface area contributed by atoms with E-state index >= 15 is 0 Å². The first-order valence-electron chi connectivity index (χ1n) is 11.6. The topological polar surface area (TPSA) is 112 Å². The van der Waals surface area contributed by atoms with Gasteiger partial charge in [0.25, 0.3) is 15.9 Å². The van der Waals surface area contributed by atoms with E-state index in [1.807, 2.05) is 37.6 Å². The number of aromatic nitrogens is 1. The molecule has 0 atom stereocenters. The zero-order valence-corrected chi connectivity index (χ0v) is 22.0. The summed E-state index contributed by atoms with van der Waals surface area (Å²) >= 11 is 0. The van der Waals surface area contributed by atoms with Crippen molar-refractivity contribution in [1.82, 2.24) is 9.71 Å². The van der Waals surface area contributed by atoms with Crippen molar-refractivity contribution in [1.29, 1.82) is 0 Å². The number of allylic oxidation sites excluding steroid dienone is 4. The summed E-state index contributed by atoms with van der Waals surface area (Å²) in [4.78, 5) is 29.3. The predicted octanol–water partition coefficient (Wildman–Crippen LogP) is 5.09. The fourth-order valence-electron chi connectivity index (χ4n) is 4.14. The first kappa shape index (κ1) is 26.7. The summed E-state index contributed by atoms with van der Waals surface area (Å²) in [6, 6.07) is 10.4. The second kappa shape index (κ2) is 10.6. The number of rotatable bonds is 7. The lowest BCUT2D eigenvalue weighted by Crippen LogP contribution is -2.34. The summed E-state index contributed by atoms with van der Waals surface area (Å²) in [6.45, 7) is 5.58. The number of amides is 1. The van der Waals surface area contributed by atoms with E-state index in [2.05, 4.69) is 4.98 Å². The standard InChI is InChI=1S/C28H25FN2O6S/c1-16-13-17(2)26(18(3)14-16)37-28-20(27(33)31-38(34,35)25-8-6-5-7-23(25)32)10-11-22(30-28)21-15-19(29)9-12-24(21)36-4/h5-6,8-15H,7H2,1-4H3,(H,31,33). The predicted molar refractivity (Wildman–Crippen MR) is 140 cm³/mol. The Morgan fingerprint density at radius 3 is 2.42 bits per heavy atom. The lowest BCUT2D eigenvalue weighted by Gasteiger charge is -2.17. The Balaban J connectivity index is 1.82. The number of nitrogens with one attached hydrogen (secondary N) is 1. The van der Waals surface area contributed by atoms with Gasteiger partial charge in [0.1, 0.15) is 27.8 Å².